The highest BCUT2D eigenvalue weighted by Gasteiger charge is 2.43. The Bertz CT molecular complexity index is 1950. The first-order valence-electron chi connectivity index (χ1n) is 17.3. The molecule has 0 radical (unpaired) electrons. The monoisotopic (exact) mass is 694 g/mol. The Kier molecular flexibility index (Phi) is 9.75. The van der Waals surface area contributed by atoms with Crippen molar-refractivity contribution in [1.82, 2.24) is 19.8 Å². The van der Waals surface area contributed by atoms with Gasteiger partial charge in [-0.25, -0.2) is 0 Å². The Hall–Kier alpha value is -6.36. The van der Waals surface area contributed by atoms with E-state index in [-0.39, 0.29) is 47.5 Å². The van der Waals surface area contributed by atoms with Crippen molar-refractivity contribution in [3.8, 4) is 0 Å². The predicted molar refractivity (Wildman–Crippen MR) is 190 cm³/mol. The van der Waals surface area contributed by atoms with Crippen LogP contribution in [0.4, 0.5) is 11.4 Å². The summed E-state index contributed by atoms with van der Waals surface area (Å²) in [5.41, 5.74) is 22.4. The molecule has 4 aromatic rings. The first-order valence-corrected chi connectivity index (χ1v) is 17.3. The topological polar surface area (TPSA) is 198 Å². The molecule has 0 N–H and O–H groups in total. The van der Waals surface area contributed by atoms with E-state index in [9.17, 15) is 19.2 Å². The van der Waals surface area contributed by atoms with Crippen LogP contribution in [0.3, 0.4) is 0 Å². The standard InChI is InChI=1S/2C19H17N5O2/c2*20-23-22-17-11-21-9-8-14(17)12-4-3-5-13(10-12)24-18(25)15-6-1-2-7-16(15)19(24)26/h2*1-2,6-9,11-13H,3-5,10H2/t2*12-,13+/m10/s1. The van der Waals surface area contributed by atoms with Crippen LogP contribution in [-0.2, 0) is 0 Å². The summed E-state index contributed by atoms with van der Waals surface area (Å²) >= 11 is 0. The summed E-state index contributed by atoms with van der Waals surface area (Å²) in [4.78, 5) is 67.6. The number of nitrogens with zero attached hydrogens (tertiary/aromatic N) is 10. The Morgan fingerprint density at radius 2 is 0.923 bits per heavy atom. The van der Waals surface area contributed by atoms with Gasteiger partial charge in [0.1, 0.15) is 0 Å². The molecule has 260 valence electrons. The van der Waals surface area contributed by atoms with Gasteiger partial charge in [-0.05, 0) is 109 Å². The van der Waals surface area contributed by atoms with E-state index >= 15 is 0 Å². The smallest absolute Gasteiger partial charge is 0.261 e. The number of carbonyl (C=O) groups is 4. The van der Waals surface area contributed by atoms with E-state index in [1.165, 1.54) is 9.80 Å². The second-order valence-corrected chi connectivity index (χ2v) is 13.3. The zero-order valence-corrected chi connectivity index (χ0v) is 28.2. The van der Waals surface area contributed by atoms with Crippen LogP contribution in [-0.4, -0.2) is 55.5 Å². The van der Waals surface area contributed by atoms with E-state index in [0.29, 0.717) is 46.5 Å². The third-order valence-corrected chi connectivity index (χ3v) is 10.5. The van der Waals surface area contributed by atoms with Crippen LogP contribution in [0.25, 0.3) is 20.9 Å². The summed E-state index contributed by atoms with van der Waals surface area (Å²) in [6.07, 6.45) is 13.1. The molecule has 4 heterocycles. The summed E-state index contributed by atoms with van der Waals surface area (Å²) < 4.78 is 0. The van der Waals surface area contributed by atoms with Crippen LogP contribution in [0, 0.1) is 0 Å². The molecule has 2 saturated carbocycles. The molecule has 2 aliphatic carbocycles. The minimum atomic E-state index is -0.207. The summed E-state index contributed by atoms with van der Waals surface area (Å²) in [5.74, 6) is -0.576. The molecule has 2 fully saturated rings. The number of imide groups is 2. The Balaban J connectivity index is 0.000000162. The van der Waals surface area contributed by atoms with E-state index in [1.54, 1.807) is 73.3 Å². The minimum absolute atomic E-state index is 0.126. The van der Waals surface area contributed by atoms with Crippen molar-refractivity contribution in [3.63, 3.8) is 0 Å². The first kappa shape index (κ1) is 34.1. The molecule has 0 bridgehead atoms. The van der Waals surface area contributed by atoms with Gasteiger partial charge in [-0.2, -0.15) is 0 Å². The molecule has 4 amide bonds. The van der Waals surface area contributed by atoms with Crippen molar-refractivity contribution in [1.29, 1.82) is 0 Å². The number of pyridine rings is 2. The highest BCUT2D eigenvalue weighted by atomic mass is 16.2. The first-order chi connectivity index (χ1) is 25.4. The van der Waals surface area contributed by atoms with Gasteiger partial charge in [0, 0.05) is 46.7 Å². The van der Waals surface area contributed by atoms with Gasteiger partial charge < -0.3 is 0 Å². The number of hydrogen-bond acceptors (Lipinski definition) is 8. The van der Waals surface area contributed by atoms with Gasteiger partial charge in [0.05, 0.1) is 33.6 Å². The molecule has 14 heteroatoms. The van der Waals surface area contributed by atoms with Gasteiger partial charge in [-0.15, -0.1) is 0 Å². The SMILES string of the molecule is [N-]=[N+]=Nc1cnccc1[C@@H]1CCC[C@H](N2C(=O)c3ccccc3C2=O)C1.[N-]=[N+]=Nc1cnccc1[C@H]1CCC[C@@H](N2C(=O)c3ccccc3C2=O)C1. The zero-order valence-electron chi connectivity index (χ0n) is 28.2. The van der Waals surface area contributed by atoms with Gasteiger partial charge in [-0.1, -0.05) is 47.3 Å². The lowest BCUT2D eigenvalue weighted by molar-refractivity contribution is 0.0524. The van der Waals surface area contributed by atoms with Crippen molar-refractivity contribution in [2.45, 2.75) is 75.3 Å². The molecule has 4 aliphatic rings. The Morgan fingerprint density at radius 1 is 0.558 bits per heavy atom. The minimum Gasteiger partial charge on any atom is -0.271 e. The molecule has 0 saturated heterocycles. The third kappa shape index (κ3) is 6.37. The van der Waals surface area contributed by atoms with E-state index < -0.39 is 0 Å². The van der Waals surface area contributed by atoms with E-state index in [2.05, 4.69) is 30.0 Å². The maximum Gasteiger partial charge on any atom is 0.261 e. The Morgan fingerprint density at radius 3 is 1.27 bits per heavy atom. The average molecular weight is 695 g/mol. The fourth-order valence-corrected chi connectivity index (χ4v) is 8.19. The van der Waals surface area contributed by atoms with Crippen molar-refractivity contribution in [2.75, 3.05) is 0 Å². The normalized spacial score (nSPS) is 22.1. The van der Waals surface area contributed by atoms with Gasteiger partial charge in [-0.3, -0.25) is 38.9 Å². The number of carbonyl (C=O) groups excluding carboxylic acids is 4. The maximum atomic E-state index is 12.7. The zero-order chi connectivity index (χ0) is 36.2. The van der Waals surface area contributed by atoms with Crippen molar-refractivity contribution >= 4 is 35.0 Å². The van der Waals surface area contributed by atoms with E-state index in [0.717, 1.165) is 49.7 Å². The second kappa shape index (κ2) is 14.9. The summed E-state index contributed by atoms with van der Waals surface area (Å²) in [6, 6.07) is 17.4. The second-order valence-electron chi connectivity index (χ2n) is 13.3. The fourth-order valence-electron chi connectivity index (χ4n) is 8.19. The van der Waals surface area contributed by atoms with Crippen molar-refractivity contribution in [3.05, 3.63) is 140 Å². The van der Waals surface area contributed by atoms with Crippen LogP contribution < -0.4 is 0 Å². The quantitative estimate of drug-likeness (QED) is 0.0836. The molecule has 14 nitrogen and oxygen atoms in total. The lowest BCUT2D eigenvalue weighted by Crippen LogP contribution is -2.42. The van der Waals surface area contributed by atoms with E-state index in [4.69, 9.17) is 11.1 Å². The molecule has 52 heavy (non-hydrogen) atoms. The predicted octanol–water partition coefficient (Wildman–Crippen LogP) is 8.69. The summed E-state index contributed by atoms with van der Waals surface area (Å²) in [7, 11) is 0. The lowest BCUT2D eigenvalue weighted by Gasteiger charge is -2.34. The molecule has 2 aromatic carbocycles. The molecule has 8 rings (SSSR count). The van der Waals surface area contributed by atoms with Crippen LogP contribution >= 0.6 is 0 Å². The number of azide groups is 2. The fraction of sp³-hybridized carbons (Fsp3) is 0.316. The van der Waals surface area contributed by atoms with Gasteiger partial charge in [0.25, 0.3) is 23.6 Å². The number of aromatic nitrogens is 2. The van der Waals surface area contributed by atoms with Gasteiger partial charge in [0.2, 0.25) is 0 Å². The summed E-state index contributed by atoms with van der Waals surface area (Å²) in [6.45, 7) is 0. The van der Waals surface area contributed by atoms with E-state index in [1.807, 2.05) is 12.1 Å². The summed E-state index contributed by atoms with van der Waals surface area (Å²) in [5, 5.41) is 7.47. The molecular formula is C38H34N10O4. The largest absolute Gasteiger partial charge is 0.271 e. The van der Waals surface area contributed by atoms with Crippen molar-refractivity contribution < 1.29 is 19.2 Å². The Labute approximate surface area is 298 Å². The van der Waals surface area contributed by atoms with Crippen LogP contribution in [0.15, 0.2) is 95.7 Å². The van der Waals surface area contributed by atoms with Crippen LogP contribution in [0.5, 0.6) is 0 Å². The molecule has 2 aromatic heterocycles. The number of hydrogen-bond donors (Lipinski definition) is 0. The van der Waals surface area contributed by atoms with Gasteiger partial charge >= 0.3 is 0 Å². The molecule has 4 atom stereocenters. The molecule has 0 spiro atoms. The maximum absolute atomic E-state index is 12.7. The molecular weight excluding hydrogens is 660 g/mol. The molecule has 0 unspecified atom stereocenters. The molecule has 2 aliphatic heterocycles. The number of benzene rings is 2. The van der Waals surface area contributed by atoms with Crippen LogP contribution in [0.1, 0.15) is 116 Å². The highest BCUT2D eigenvalue weighted by Crippen LogP contribution is 2.42. The lowest BCUT2D eigenvalue weighted by atomic mass is 9.80. The average Bonchev–Trinajstić information content (AvgIpc) is 3.60. The van der Waals surface area contributed by atoms with Crippen molar-refractivity contribution in [2.24, 2.45) is 10.2 Å². The van der Waals surface area contributed by atoms with Gasteiger partial charge in [0.15, 0.2) is 0 Å². The third-order valence-electron chi connectivity index (χ3n) is 10.5. The number of rotatable bonds is 6. The van der Waals surface area contributed by atoms with Crippen LogP contribution in [0.2, 0.25) is 0 Å². The number of amides is 4. The number of fused-ring (bicyclic) bond motifs is 2. The highest BCUT2D eigenvalue weighted by molar-refractivity contribution is 6.22.